The lowest BCUT2D eigenvalue weighted by molar-refractivity contribution is -0.0608. The van der Waals surface area contributed by atoms with Crippen molar-refractivity contribution < 1.29 is 17.5 Å². The predicted molar refractivity (Wildman–Crippen MR) is 110 cm³/mol. The molecule has 0 amide bonds. The second-order valence-electron chi connectivity index (χ2n) is 7.66. The molecule has 0 atom stereocenters. The molecular formula is C21H24ClFN2O3S. The van der Waals surface area contributed by atoms with Gasteiger partial charge in [-0.15, -0.1) is 0 Å². The number of benzene rings is 2. The van der Waals surface area contributed by atoms with Gasteiger partial charge in [0, 0.05) is 44.9 Å². The third kappa shape index (κ3) is 4.20. The van der Waals surface area contributed by atoms with E-state index in [1.54, 1.807) is 40.7 Å². The highest BCUT2D eigenvalue weighted by Crippen LogP contribution is 2.36. The normalized spacial score (nSPS) is 20.8. The van der Waals surface area contributed by atoms with E-state index >= 15 is 0 Å². The van der Waals surface area contributed by atoms with E-state index in [4.69, 9.17) is 16.3 Å². The lowest BCUT2D eigenvalue weighted by Gasteiger charge is -2.52. The molecule has 5 nitrogen and oxygen atoms in total. The number of sulfonamides is 1. The minimum Gasteiger partial charge on any atom is -0.381 e. The van der Waals surface area contributed by atoms with Crippen LogP contribution >= 0.6 is 11.6 Å². The zero-order chi connectivity index (χ0) is 20.5. The van der Waals surface area contributed by atoms with Crippen LogP contribution in [0.25, 0.3) is 0 Å². The minimum atomic E-state index is -3.70. The Bertz CT molecular complexity index is 979. The molecule has 29 heavy (non-hydrogen) atoms. The fourth-order valence-electron chi connectivity index (χ4n) is 4.30. The highest BCUT2D eigenvalue weighted by atomic mass is 35.5. The molecule has 2 saturated heterocycles. The van der Waals surface area contributed by atoms with Crippen LogP contribution in [0.5, 0.6) is 0 Å². The summed E-state index contributed by atoms with van der Waals surface area (Å²) in [5.74, 6) is -0.261. The third-order valence-electron chi connectivity index (χ3n) is 5.90. The van der Waals surface area contributed by atoms with Crippen LogP contribution < -0.4 is 0 Å². The van der Waals surface area contributed by atoms with Crippen molar-refractivity contribution in [3.8, 4) is 0 Å². The molecule has 0 N–H and O–H groups in total. The first kappa shape index (κ1) is 20.8. The lowest BCUT2D eigenvalue weighted by atomic mass is 9.86. The van der Waals surface area contributed by atoms with Crippen molar-refractivity contribution in [1.82, 2.24) is 9.21 Å². The van der Waals surface area contributed by atoms with Crippen molar-refractivity contribution in [1.29, 1.82) is 0 Å². The van der Waals surface area contributed by atoms with Crippen LogP contribution in [0.15, 0.2) is 53.4 Å². The summed E-state index contributed by atoms with van der Waals surface area (Å²) in [5.41, 5.74) is 0.551. The molecular weight excluding hydrogens is 415 g/mol. The van der Waals surface area contributed by atoms with Crippen molar-refractivity contribution in [2.24, 2.45) is 0 Å². The largest absolute Gasteiger partial charge is 0.381 e. The highest BCUT2D eigenvalue weighted by molar-refractivity contribution is 7.89. The zero-order valence-corrected chi connectivity index (χ0v) is 17.6. The van der Waals surface area contributed by atoms with E-state index in [0.717, 1.165) is 18.4 Å². The molecule has 0 aliphatic carbocycles. The van der Waals surface area contributed by atoms with Crippen molar-refractivity contribution in [2.75, 3.05) is 32.8 Å². The maximum Gasteiger partial charge on any atom is 0.244 e. The maximum absolute atomic E-state index is 13.7. The standard InChI is InChI=1S/C21H24ClFN2O3S/c22-19-6-1-2-7-20(19)29(26,27)25-11-10-24(15-17-4-3-5-18(23)14-17)21(16-25)8-12-28-13-9-21/h1-7,14H,8-13,15-16H2. The number of piperazine rings is 1. The van der Waals surface area contributed by atoms with Crippen LogP contribution in [0.2, 0.25) is 5.02 Å². The van der Waals surface area contributed by atoms with Crippen molar-refractivity contribution in [2.45, 2.75) is 29.8 Å². The minimum absolute atomic E-state index is 0.141. The molecule has 2 aliphatic rings. The Labute approximate surface area is 176 Å². The van der Waals surface area contributed by atoms with Gasteiger partial charge < -0.3 is 4.74 Å². The summed E-state index contributed by atoms with van der Waals surface area (Å²) >= 11 is 6.18. The molecule has 2 aromatic carbocycles. The fourth-order valence-corrected chi connectivity index (χ4v) is 6.31. The van der Waals surface area contributed by atoms with E-state index in [0.29, 0.717) is 39.4 Å². The van der Waals surface area contributed by atoms with Gasteiger partial charge in [-0.1, -0.05) is 35.9 Å². The van der Waals surface area contributed by atoms with Gasteiger partial charge in [0.15, 0.2) is 0 Å². The van der Waals surface area contributed by atoms with Crippen LogP contribution in [-0.4, -0.2) is 56.0 Å². The van der Waals surface area contributed by atoms with E-state index in [9.17, 15) is 12.8 Å². The lowest BCUT2D eigenvalue weighted by Crippen LogP contribution is -2.64. The quantitative estimate of drug-likeness (QED) is 0.732. The summed E-state index contributed by atoms with van der Waals surface area (Å²) in [6.45, 7) is 3.06. The van der Waals surface area contributed by atoms with Gasteiger partial charge in [-0.2, -0.15) is 4.31 Å². The topological polar surface area (TPSA) is 49.9 Å². The van der Waals surface area contributed by atoms with Gasteiger partial charge in [-0.3, -0.25) is 4.90 Å². The van der Waals surface area contributed by atoms with Crippen molar-refractivity contribution in [3.05, 3.63) is 64.9 Å². The monoisotopic (exact) mass is 438 g/mol. The zero-order valence-electron chi connectivity index (χ0n) is 16.1. The van der Waals surface area contributed by atoms with Crippen LogP contribution in [0, 0.1) is 5.82 Å². The second-order valence-corrected chi connectivity index (χ2v) is 9.97. The van der Waals surface area contributed by atoms with Crippen LogP contribution in [0.1, 0.15) is 18.4 Å². The number of nitrogens with zero attached hydrogens (tertiary/aromatic N) is 2. The van der Waals surface area contributed by atoms with Gasteiger partial charge in [0.2, 0.25) is 10.0 Å². The number of rotatable bonds is 4. The van der Waals surface area contributed by atoms with E-state index in [1.807, 2.05) is 6.07 Å². The molecule has 4 rings (SSSR count). The summed E-state index contributed by atoms with van der Waals surface area (Å²) < 4.78 is 47.3. The summed E-state index contributed by atoms with van der Waals surface area (Å²) in [7, 11) is -3.70. The predicted octanol–water partition coefficient (Wildman–Crippen LogP) is 3.53. The van der Waals surface area contributed by atoms with Gasteiger partial charge in [0.25, 0.3) is 0 Å². The Morgan fingerprint density at radius 2 is 1.83 bits per heavy atom. The Balaban J connectivity index is 1.62. The van der Waals surface area contributed by atoms with E-state index < -0.39 is 10.0 Å². The molecule has 2 aromatic rings. The second kappa shape index (κ2) is 8.32. The SMILES string of the molecule is O=S(=O)(c1ccccc1Cl)N1CCN(Cc2cccc(F)c2)C2(CCOCC2)C1. The number of hydrogen-bond donors (Lipinski definition) is 0. The average molecular weight is 439 g/mol. The first-order valence-corrected chi connectivity index (χ1v) is 11.5. The van der Waals surface area contributed by atoms with Gasteiger partial charge in [-0.05, 0) is 42.7 Å². The molecule has 0 aromatic heterocycles. The first-order chi connectivity index (χ1) is 13.9. The number of hydrogen-bond acceptors (Lipinski definition) is 4. The highest BCUT2D eigenvalue weighted by Gasteiger charge is 2.46. The summed E-state index contributed by atoms with van der Waals surface area (Å²) in [6, 6.07) is 13.1. The summed E-state index contributed by atoms with van der Waals surface area (Å²) in [5, 5.41) is 0.232. The van der Waals surface area contributed by atoms with Gasteiger partial charge in [-0.25, -0.2) is 12.8 Å². The molecule has 0 bridgehead atoms. The number of ether oxygens (including phenoxy) is 1. The molecule has 2 aliphatic heterocycles. The van der Waals surface area contributed by atoms with Crippen molar-refractivity contribution >= 4 is 21.6 Å². The Morgan fingerprint density at radius 1 is 1.07 bits per heavy atom. The fraction of sp³-hybridized carbons (Fsp3) is 0.429. The molecule has 0 radical (unpaired) electrons. The molecule has 2 fully saturated rings. The van der Waals surface area contributed by atoms with Crippen LogP contribution in [0.3, 0.4) is 0 Å². The summed E-state index contributed by atoms with van der Waals surface area (Å²) in [6.07, 6.45) is 1.47. The molecule has 8 heteroatoms. The van der Waals surface area contributed by atoms with Gasteiger partial charge >= 0.3 is 0 Å². The molecule has 2 heterocycles. The van der Waals surface area contributed by atoms with E-state index in [2.05, 4.69) is 4.90 Å². The average Bonchev–Trinajstić information content (AvgIpc) is 2.70. The Hall–Kier alpha value is -1.51. The van der Waals surface area contributed by atoms with Gasteiger partial charge in [0.05, 0.1) is 5.02 Å². The van der Waals surface area contributed by atoms with E-state index in [1.165, 1.54) is 6.07 Å². The maximum atomic E-state index is 13.7. The first-order valence-electron chi connectivity index (χ1n) is 9.73. The Morgan fingerprint density at radius 3 is 2.55 bits per heavy atom. The molecule has 0 saturated carbocycles. The smallest absolute Gasteiger partial charge is 0.244 e. The van der Waals surface area contributed by atoms with Crippen LogP contribution in [0.4, 0.5) is 4.39 Å². The molecule has 1 spiro atoms. The van der Waals surface area contributed by atoms with Crippen LogP contribution in [-0.2, 0) is 21.3 Å². The van der Waals surface area contributed by atoms with Crippen molar-refractivity contribution in [3.63, 3.8) is 0 Å². The Kier molecular flexibility index (Phi) is 5.95. The molecule has 0 unspecified atom stereocenters. The summed E-state index contributed by atoms with van der Waals surface area (Å²) in [4.78, 5) is 2.44. The van der Waals surface area contributed by atoms with E-state index in [-0.39, 0.29) is 21.3 Å². The van der Waals surface area contributed by atoms with Gasteiger partial charge in [0.1, 0.15) is 10.7 Å². The molecule has 156 valence electrons. The number of halogens is 2. The third-order valence-corrected chi connectivity index (χ3v) is 8.25.